The number of rotatable bonds is 6. The van der Waals surface area contributed by atoms with Crippen LogP contribution in [0.1, 0.15) is 24.1 Å². The molecule has 4 nitrogen and oxygen atoms in total. The van der Waals surface area contributed by atoms with Crippen molar-refractivity contribution in [3.8, 4) is 0 Å². The largest absolute Gasteiger partial charge is 0.389 e. The van der Waals surface area contributed by atoms with Gasteiger partial charge in [0.25, 0.3) is 0 Å². The normalized spacial score (nSPS) is 11.9. The molecule has 2 N–H and O–H groups in total. The van der Waals surface area contributed by atoms with Crippen LogP contribution in [0.3, 0.4) is 0 Å². The van der Waals surface area contributed by atoms with Crippen LogP contribution in [-0.4, -0.2) is 29.7 Å². The van der Waals surface area contributed by atoms with E-state index in [0.29, 0.717) is 24.7 Å². The van der Waals surface area contributed by atoms with Crippen molar-refractivity contribution >= 4 is 33.3 Å². The lowest BCUT2D eigenvalue weighted by Gasteiger charge is -2.09. The molecule has 2 rings (SSSR count). The molecule has 0 aliphatic carbocycles. The lowest BCUT2D eigenvalue weighted by Crippen LogP contribution is -2.10. The SMILES string of the molecule is CNc1nc(NCCCCC(F)(F)F)c2cc(C)sc2n1. The van der Waals surface area contributed by atoms with E-state index in [2.05, 4.69) is 20.6 Å². The molecule has 116 valence electrons. The fourth-order valence-corrected chi connectivity index (χ4v) is 2.83. The molecule has 0 saturated heterocycles. The zero-order chi connectivity index (χ0) is 15.5. The molecule has 8 heteroatoms. The molecule has 0 atom stereocenters. The van der Waals surface area contributed by atoms with Crippen LogP contribution >= 0.6 is 11.3 Å². The van der Waals surface area contributed by atoms with Crippen LogP contribution in [0, 0.1) is 6.92 Å². The molecular formula is C13H17F3N4S. The van der Waals surface area contributed by atoms with Gasteiger partial charge in [0, 0.05) is 24.9 Å². The standard InChI is InChI=1S/C13H17F3N4S/c1-8-7-9-10(18-6-4-3-5-13(14,15)16)19-12(17-2)20-11(9)21-8/h7H,3-6H2,1-2H3,(H2,17,18,19,20). The van der Waals surface area contributed by atoms with Crippen molar-refractivity contribution < 1.29 is 13.2 Å². The van der Waals surface area contributed by atoms with Gasteiger partial charge in [-0.25, -0.2) is 4.98 Å². The highest BCUT2D eigenvalue weighted by molar-refractivity contribution is 7.18. The number of nitrogens with one attached hydrogen (secondary N) is 2. The average Bonchev–Trinajstić information content (AvgIpc) is 2.77. The van der Waals surface area contributed by atoms with E-state index in [1.165, 1.54) is 0 Å². The highest BCUT2D eigenvalue weighted by Gasteiger charge is 2.25. The van der Waals surface area contributed by atoms with Gasteiger partial charge < -0.3 is 10.6 Å². The van der Waals surface area contributed by atoms with Gasteiger partial charge in [-0.15, -0.1) is 11.3 Å². The predicted molar refractivity (Wildman–Crippen MR) is 80.1 cm³/mol. The Morgan fingerprint density at radius 1 is 1.24 bits per heavy atom. The van der Waals surface area contributed by atoms with Gasteiger partial charge in [-0.2, -0.15) is 18.2 Å². The van der Waals surface area contributed by atoms with Crippen LogP contribution in [0.25, 0.3) is 10.2 Å². The molecule has 0 aromatic carbocycles. The summed E-state index contributed by atoms with van der Waals surface area (Å²) in [7, 11) is 1.73. The molecule has 2 aromatic heterocycles. The van der Waals surface area contributed by atoms with Crippen LogP contribution in [0.15, 0.2) is 6.07 Å². The second kappa shape index (κ2) is 6.46. The third-order valence-electron chi connectivity index (χ3n) is 2.92. The van der Waals surface area contributed by atoms with Gasteiger partial charge >= 0.3 is 6.18 Å². The summed E-state index contributed by atoms with van der Waals surface area (Å²) in [4.78, 5) is 10.7. The number of unbranched alkanes of at least 4 members (excludes halogenated alkanes) is 1. The van der Waals surface area contributed by atoms with E-state index < -0.39 is 12.6 Å². The number of anilines is 2. The summed E-state index contributed by atoms with van der Waals surface area (Å²) in [5, 5.41) is 6.91. The van der Waals surface area contributed by atoms with Crippen molar-refractivity contribution in [1.29, 1.82) is 0 Å². The molecule has 0 aliphatic heterocycles. The topological polar surface area (TPSA) is 49.8 Å². The molecule has 0 saturated carbocycles. The summed E-state index contributed by atoms with van der Waals surface area (Å²) in [5.74, 6) is 1.17. The Bertz CT molecular complexity index is 609. The molecule has 0 unspecified atom stereocenters. The van der Waals surface area contributed by atoms with Crippen molar-refractivity contribution in [3.63, 3.8) is 0 Å². The molecule has 21 heavy (non-hydrogen) atoms. The zero-order valence-electron chi connectivity index (χ0n) is 11.8. The van der Waals surface area contributed by atoms with Crippen molar-refractivity contribution in [2.45, 2.75) is 32.4 Å². The Kier molecular flexibility index (Phi) is 4.87. The van der Waals surface area contributed by atoms with Gasteiger partial charge in [0.05, 0.1) is 5.39 Å². The predicted octanol–water partition coefficient (Wildman–Crippen LogP) is 4.19. The number of aryl methyl sites for hydroxylation is 1. The summed E-state index contributed by atoms with van der Waals surface area (Å²) >= 11 is 1.56. The molecular weight excluding hydrogens is 301 g/mol. The van der Waals surface area contributed by atoms with E-state index in [0.717, 1.165) is 15.1 Å². The molecule has 2 aromatic rings. The monoisotopic (exact) mass is 318 g/mol. The molecule has 0 aliphatic rings. The van der Waals surface area contributed by atoms with Crippen molar-refractivity contribution in [2.24, 2.45) is 0 Å². The molecule has 0 spiro atoms. The maximum absolute atomic E-state index is 12.1. The highest BCUT2D eigenvalue weighted by Crippen LogP contribution is 2.29. The quantitative estimate of drug-likeness (QED) is 0.784. The third kappa shape index (κ3) is 4.45. The molecule has 2 heterocycles. The van der Waals surface area contributed by atoms with E-state index >= 15 is 0 Å². The zero-order valence-corrected chi connectivity index (χ0v) is 12.7. The van der Waals surface area contributed by atoms with Crippen molar-refractivity contribution in [2.75, 3.05) is 24.2 Å². The number of fused-ring (bicyclic) bond motifs is 1. The minimum atomic E-state index is -4.08. The summed E-state index contributed by atoms with van der Waals surface area (Å²) in [5.41, 5.74) is 0. The molecule has 0 amide bonds. The first-order valence-corrected chi connectivity index (χ1v) is 7.47. The second-order valence-electron chi connectivity index (χ2n) is 4.72. The van der Waals surface area contributed by atoms with E-state index in [9.17, 15) is 13.2 Å². The van der Waals surface area contributed by atoms with Gasteiger partial charge in [0.2, 0.25) is 5.95 Å². The fourth-order valence-electron chi connectivity index (χ4n) is 1.95. The summed E-state index contributed by atoms with van der Waals surface area (Å²) in [6.45, 7) is 2.44. The first kappa shape index (κ1) is 15.8. The first-order valence-electron chi connectivity index (χ1n) is 6.65. The van der Waals surface area contributed by atoms with Crippen LogP contribution in [0.5, 0.6) is 0 Å². The number of nitrogens with zero attached hydrogens (tertiary/aromatic N) is 2. The number of hydrogen-bond acceptors (Lipinski definition) is 5. The molecule has 0 bridgehead atoms. The summed E-state index contributed by atoms with van der Waals surface area (Å²) in [6.07, 6.45) is -4.26. The molecule has 0 fully saturated rings. The van der Waals surface area contributed by atoms with E-state index in [1.54, 1.807) is 18.4 Å². The minimum Gasteiger partial charge on any atom is -0.369 e. The summed E-state index contributed by atoms with van der Waals surface area (Å²) in [6, 6.07) is 1.98. The second-order valence-corrected chi connectivity index (χ2v) is 5.96. The number of aromatic nitrogens is 2. The van der Waals surface area contributed by atoms with Crippen molar-refractivity contribution in [3.05, 3.63) is 10.9 Å². The average molecular weight is 318 g/mol. The van der Waals surface area contributed by atoms with E-state index in [1.807, 2.05) is 13.0 Å². The molecule has 0 radical (unpaired) electrons. The smallest absolute Gasteiger partial charge is 0.369 e. The fraction of sp³-hybridized carbons (Fsp3) is 0.538. The Balaban J connectivity index is 2.00. The summed E-state index contributed by atoms with van der Waals surface area (Å²) < 4.78 is 36.2. The first-order chi connectivity index (χ1) is 9.89. The number of halogens is 3. The number of alkyl halides is 3. The van der Waals surface area contributed by atoms with Gasteiger partial charge in [-0.3, -0.25) is 0 Å². The number of thiophene rings is 1. The Morgan fingerprint density at radius 2 is 2.00 bits per heavy atom. The van der Waals surface area contributed by atoms with E-state index in [4.69, 9.17) is 0 Å². The van der Waals surface area contributed by atoms with Crippen LogP contribution in [0.2, 0.25) is 0 Å². The van der Waals surface area contributed by atoms with Crippen molar-refractivity contribution in [1.82, 2.24) is 9.97 Å². The Morgan fingerprint density at radius 3 is 2.67 bits per heavy atom. The number of hydrogen-bond donors (Lipinski definition) is 2. The maximum atomic E-state index is 12.1. The minimum absolute atomic E-state index is 0.117. The lowest BCUT2D eigenvalue weighted by atomic mass is 10.2. The maximum Gasteiger partial charge on any atom is 0.389 e. The third-order valence-corrected chi connectivity index (χ3v) is 3.86. The Hall–Kier alpha value is -1.57. The van der Waals surface area contributed by atoms with E-state index in [-0.39, 0.29) is 6.42 Å². The Labute approximate surface area is 124 Å². The van der Waals surface area contributed by atoms with Crippen LogP contribution < -0.4 is 10.6 Å². The van der Waals surface area contributed by atoms with Gasteiger partial charge in [-0.1, -0.05) is 0 Å². The van der Waals surface area contributed by atoms with Crippen LogP contribution in [0.4, 0.5) is 24.9 Å². The van der Waals surface area contributed by atoms with Gasteiger partial charge in [-0.05, 0) is 25.8 Å². The van der Waals surface area contributed by atoms with Gasteiger partial charge in [0.1, 0.15) is 10.6 Å². The van der Waals surface area contributed by atoms with Gasteiger partial charge in [0.15, 0.2) is 0 Å². The highest BCUT2D eigenvalue weighted by atomic mass is 32.1. The lowest BCUT2D eigenvalue weighted by molar-refractivity contribution is -0.135. The van der Waals surface area contributed by atoms with Crippen LogP contribution in [-0.2, 0) is 0 Å².